The van der Waals surface area contributed by atoms with Gasteiger partial charge in [-0.05, 0) is 65.5 Å². The molecular formula is C24H33NO4. The third kappa shape index (κ3) is 5.28. The number of carbonyl (C=O) groups excluding carboxylic acids is 2. The van der Waals surface area contributed by atoms with Gasteiger partial charge in [0.25, 0.3) is 0 Å². The van der Waals surface area contributed by atoms with Crippen molar-refractivity contribution in [2.24, 2.45) is 12.5 Å². The largest absolute Gasteiger partial charge is 0.459 e. The van der Waals surface area contributed by atoms with Crippen LogP contribution < -0.4 is 0 Å². The Morgan fingerprint density at radius 3 is 1.97 bits per heavy atom. The maximum absolute atomic E-state index is 13.3. The standard InChI is InChI=1S/C24H33NO4/c1-9-14-24(20(26)28-22(2,3)4,21(27)29-23(5,6)7)16-18-15-17-12-10-11-13-19(17)25(18)8/h9-13,15H,1,14,16H2,2-8H3. The van der Waals surface area contributed by atoms with E-state index < -0.39 is 28.6 Å². The zero-order chi connectivity index (χ0) is 22.0. The lowest BCUT2D eigenvalue weighted by Crippen LogP contribution is -2.48. The topological polar surface area (TPSA) is 57.5 Å². The second-order valence-electron chi connectivity index (χ2n) is 9.51. The molecule has 29 heavy (non-hydrogen) atoms. The van der Waals surface area contributed by atoms with Crippen molar-refractivity contribution in [3.05, 3.63) is 48.7 Å². The van der Waals surface area contributed by atoms with Gasteiger partial charge < -0.3 is 14.0 Å². The number of benzene rings is 1. The molecule has 0 saturated heterocycles. The van der Waals surface area contributed by atoms with Crippen molar-refractivity contribution in [2.75, 3.05) is 0 Å². The summed E-state index contributed by atoms with van der Waals surface area (Å²) in [7, 11) is 1.93. The zero-order valence-corrected chi connectivity index (χ0v) is 18.7. The minimum absolute atomic E-state index is 0.123. The highest BCUT2D eigenvalue weighted by Gasteiger charge is 2.50. The molecule has 1 heterocycles. The number of esters is 2. The van der Waals surface area contributed by atoms with Gasteiger partial charge in [-0.15, -0.1) is 6.58 Å². The molecule has 0 radical (unpaired) electrons. The molecule has 158 valence electrons. The molecule has 1 aromatic carbocycles. The van der Waals surface area contributed by atoms with E-state index in [0.717, 1.165) is 16.6 Å². The van der Waals surface area contributed by atoms with Crippen LogP contribution in [0.15, 0.2) is 43.0 Å². The van der Waals surface area contributed by atoms with Crippen molar-refractivity contribution in [3.63, 3.8) is 0 Å². The summed E-state index contributed by atoms with van der Waals surface area (Å²) in [5.41, 5.74) is -1.09. The Balaban J connectivity index is 2.59. The molecule has 0 fully saturated rings. The highest BCUT2D eigenvalue weighted by Crippen LogP contribution is 2.36. The maximum Gasteiger partial charge on any atom is 0.324 e. The summed E-state index contributed by atoms with van der Waals surface area (Å²) < 4.78 is 13.4. The van der Waals surface area contributed by atoms with Crippen molar-refractivity contribution in [3.8, 4) is 0 Å². The van der Waals surface area contributed by atoms with Crippen molar-refractivity contribution >= 4 is 22.8 Å². The van der Waals surface area contributed by atoms with Crippen LogP contribution in [0.4, 0.5) is 0 Å². The normalized spacial score (nSPS) is 12.7. The molecular weight excluding hydrogens is 366 g/mol. The first-order valence-corrected chi connectivity index (χ1v) is 9.90. The van der Waals surface area contributed by atoms with Crippen LogP contribution in [-0.4, -0.2) is 27.7 Å². The van der Waals surface area contributed by atoms with E-state index in [2.05, 4.69) is 6.58 Å². The number of aromatic nitrogens is 1. The van der Waals surface area contributed by atoms with Crippen molar-refractivity contribution < 1.29 is 19.1 Å². The second kappa shape index (κ2) is 8.05. The fourth-order valence-electron chi connectivity index (χ4n) is 3.29. The van der Waals surface area contributed by atoms with Crippen LogP contribution >= 0.6 is 0 Å². The average molecular weight is 400 g/mol. The number of carbonyl (C=O) groups is 2. The summed E-state index contributed by atoms with van der Waals surface area (Å²) in [6.07, 6.45) is 1.86. The van der Waals surface area contributed by atoms with Crippen LogP contribution in [0.1, 0.15) is 53.7 Å². The minimum Gasteiger partial charge on any atom is -0.459 e. The number of hydrogen-bond acceptors (Lipinski definition) is 4. The molecule has 0 aliphatic rings. The van der Waals surface area contributed by atoms with Crippen LogP contribution in [0.3, 0.4) is 0 Å². The summed E-state index contributed by atoms with van der Waals surface area (Å²) in [6.45, 7) is 14.5. The van der Waals surface area contributed by atoms with Crippen molar-refractivity contribution in [1.82, 2.24) is 4.57 Å². The van der Waals surface area contributed by atoms with E-state index in [1.54, 1.807) is 47.6 Å². The second-order valence-corrected chi connectivity index (χ2v) is 9.51. The maximum atomic E-state index is 13.3. The number of nitrogens with zero attached hydrogens (tertiary/aromatic N) is 1. The number of ether oxygens (including phenoxy) is 2. The van der Waals surface area contributed by atoms with Gasteiger partial charge in [-0.3, -0.25) is 9.59 Å². The predicted molar refractivity (Wildman–Crippen MR) is 116 cm³/mol. The molecule has 2 aromatic rings. The summed E-state index contributed by atoms with van der Waals surface area (Å²) in [6, 6.07) is 9.95. The highest BCUT2D eigenvalue weighted by atomic mass is 16.6. The molecule has 0 amide bonds. The zero-order valence-electron chi connectivity index (χ0n) is 18.7. The minimum atomic E-state index is -1.51. The van der Waals surface area contributed by atoms with Crippen LogP contribution in [0.2, 0.25) is 0 Å². The Labute approximate surface area is 173 Å². The average Bonchev–Trinajstić information content (AvgIpc) is 2.87. The fraction of sp³-hybridized carbons (Fsp3) is 0.500. The van der Waals surface area contributed by atoms with E-state index in [0.29, 0.717) is 0 Å². The summed E-state index contributed by atoms with van der Waals surface area (Å²) in [4.78, 5) is 26.7. The number of rotatable bonds is 6. The summed E-state index contributed by atoms with van der Waals surface area (Å²) in [5.74, 6) is -1.19. The molecule has 5 heteroatoms. The summed E-state index contributed by atoms with van der Waals surface area (Å²) in [5, 5.41) is 1.05. The van der Waals surface area contributed by atoms with Crippen LogP contribution in [0.5, 0.6) is 0 Å². The third-order valence-corrected chi connectivity index (χ3v) is 4.61. The van der Waals surface area contributed by atoms with Gasteiger partial charge in [0.1, 0.15) is 11.2 Å². The van der Waals surface area contributed by atoms with E-state index in [4.69, 9.17) is 9.47 Å². The van der Waals surface area contributed by atoms with E-state index in [1.165, 1.54) is 0 Å². The number of para-hydroxylation sites is 1. The molecule has 0 bridgehead atoms. The number of allylic oxidation sites excluding steroid dienone is 1. The molecule has 5 nitrogen and oxygen atoms in total. The molecule has 0 N–H and O–H groups in total. The molecule has 0 aliphatic carbocycles. The van der Waals surface area contributed by atoms with E-state index >= 15 is 0 Å². The molecule has 0 aliphatic heterocycles. The van der Waals surface area contributed by atoms with E-state index in [-0.39, 0.29) is 12.8 Å². The molecule has 1 aromatic heterocycles. The predicted octanol–water partition coefficient (Wildman–Crippen LogP) is 4.97. The van der Waals surface area contributed by atoms with Crippen LogP contribution in [0.25, 0.3) is 10.9 Å². The third-order valence-electron chi connectivity index (χ3n) is 4.61. The Morgan fingerprint density at radius 2 is 1.52 bits per heavy atom. The smallest absolute Gasteiger partial charge is 0.324 e. The van der Waals surface area contributed by atoms with Gasteiger partial charge in [-0.2, -0.15) is 0 Å². The SMILES string of the molecule is C=CCC(Cc1cc2ccccc2n1C)(C(=O)OC(C)(C)C)C(=O)OC(C)(C)C. The monoisotopic (exact) mass is 399 g/mol. The van der Waals surface area contributed by atoms with Crippen LogP contribution in [0, 0.1) is 5.41 Å². The first-order chi connectivity index (χ1) is 13.3. The van der Waals surface area contributed by atoms with Crippen molar-refractivity contribution in [1.29, 1.82) is 0 Å². The molecule has 0 spiro atoms. The van der Waals surface area contributed by atoms with Gasteiger partial charge in [0.2, 0.25) is 0 Å². The molecule has 0 saturated carbocycles. The lowest BCUT2D eigenvalue weighted by Gasteiger charge is -2.34. The van der Waals surface area contributed by atoms with Gasteiger partial charge >= 0.3 is 11.9 Å². The fourth-order valence-corrected chi connectivity index (χ4v) is 3.29. The first kappa shape index (κ1) is 22.7. The number of fused-ring (bicyclic) bond motifs is 1. The van der Waals surface area contributed by atoms with E-state index in [1.807, 2.05) is 41.9 Å². The Bertz CT molecular complexity index is 881. The lowest BCUT2D eigenvalue weighted by atomic mass is 9.79. The van der Waals surface area contributed by atoms with Gasteiger partial charge in [-0.25, -0.2) is 0 Å². The van der Waals surface area contributed by atoms with Gasteiger partial charge in [-0.1, -0.05) is 24.3 Å². The Morgan fingerprint density at radius 1 is 1.00 bits per heavy atom. The molecule has 2 rings (SSSR count). The quantitative estimate of drug-likeness (QED) is 0.391. The Hall–Kier alpha value is -2.56. The highest BCUT2D eigenvalue weighted by molar-refractivity contribution is 6.01. The summed E-state index contributed by atoms with van der Waals surface area (Å²) >= 11 is 0. The Kier molecular flexibility index (Phi) is 6.31. The number of hydrogen-bond donors (Lipinski definition) is 0. The van der Waals surface area contributed by atoms with Crippen molar-refractivity contribution in [2.45, 2.75) is 65.6 Å². The molecule has 0 atom stereocenters. The van der Waals surface area contributed by atoms with E-state index in [9.17, 15) is 9.59 Å². The van der Waals surface area contributed by atoms with Gasteiger partial charge in [0.15, 0.2) is 5.41 Å². The van der Waals surface area contributed by atoms with Gasteiger partial charge in [0.05, 0.1) is 0 Å². The lowest BCUT2D eigenvalue weighted by molar-refractivity contribution is -0.185. The van der Waals surface area contributed by atoms with Crippen LogP contribution in [-0.2, 0) is 32.5 Å². The van der Waals surface area contributed by atoms with Gasteiger partial charge in [0, 0.05) is 24.7 Å². The molecule has 0 unspecified atom stereocenters. The first-order valence-electron chi connectivity index (χ1n) is 9.90. The number of aryl methyl sites for hydroxylation is 1.